The number of pyridine rings is 1. The molecule has 0 radical (unpaired) electrons. The summed E-state index contributed by atoms with van der Waals surface area (Å²) in [6.07, 6.45) is 3.45. The van der Waals surface area contributed by atoms with Crippen molar-refractivity contribution in [2.45, 2.75) is 71.9 Å². The minimum atomic E-state index is -0.550. The summed E-state index contributed by atoms with van der Waals surface area (Å²) in [6.45, 7) is 13.7. The molecule has 1 atom stereocenters. The highest BCUT2D eigenvalue weighted by Crippen LogP contribution is 2.23. The van der Waals surface area contributed by atoms with Gasteiger partial charge in [-0.25, -0.2) is 19.7 Å². The zero-order valence-electron chi connectivity index (χ0n) is 17.2. The summed E-state index contributed by atoms with van der Waals surface area (Å²) in [5.74, 6) is 1.32. The number of carbonyl (C=O) groups excluding carboxylic acids is 1. The standard InChI is InChI=1S/C20H29N5O2/c1-8-14(24-18(26)27-20(5,6)7)15-11-13(9-10-21-15)16-22-12-23-17(25-16)19(2,3)4/h9-12,14H,8H2,1-7H3,(H,24,26). The number of amides is 1. The summed E-state index contributed by atoms with van der Waals surface area (Å²) in [7, 11) is 0. The Kier molecular flexibility index (Phi) is 6.13. The Morgan fingerprint density at radius 1 is 1.15 bits per heavy atom. The lowest BCUT2D eigenvalue weighted by molar-refractivity contribution is 0.0501. The number of nitrogens with zero attached hydrogens (tertiary/aromatic N) is 4. The molecular formula is C20H29N5O2. The third-order valence-corrected chi connectivity index (χ3v) is 3.74. The lowest BCUT2D eigenvalue weighted by Crippen LogP contribution is -2.35. The van der Waals surface area contributed by atoms with E-state index in [0.29, 0.717) is 12.2 Å². The van der Waals surface area contributed by atoms with Gasteiger partial charge in [0.15, 0.2) is 5.82 Å². The van der Waals surface area contributed by atoms with Gasteiger partial charge in [0.1, 0.15) is 17.8 Å². The first-order valence-corrected chi connectivity index (χ1v) is 9.15. The first kappa shape index (κ1) is 20.7. The van der Waals surface area contributed by atoms with Gasteiger partial charge in [0, 0.05) is 17.2 Å². The predicted octanol–water partition coefficient (Wildman–Crippen LogP) is 4.21. The molecule has 1 unspecified atom stereocenters. The highest BCUT2D eigenvalue weighted by molar-refractivity contribution is 5.68. The number of ether oxygens (including phenoxy) is 1. The fourth-order valence-corrected chi connectivity index (χ4v) is 2.41. The van der Waals surface area contributed by atoms with E-state index in [1.807, 2.05) is 39.8 Å². The molecule has 2 aromatic rings. The van der Waals surface area contributed by atoms with Crippen molar-refractivity contribution in [1.29, 1.82) is 0 Å². The minimum Gasteiger partial charge on any atom is -0.444 e. The lowest BCUT2D eigenvalue weighted by Gasteiger charge is -2.23. The van der Waals surface area contributed by atoms with Crippen LogP contribution in [-0.2, 0) is 10.2 Å². The van der Waals surface area contributed by atoms with E-state index in [0.717, 1.165) is 17.1 Å². The maximum absolute atomic E-state index is 12.1. The molecule has 2 heterocycles. The normalized spacial score (nSPS) is 13.1. The highest BCUT2D eigenvalue weighted by Gasteiger charge is 2.22. The molecular weight excluding hydrogens is 342 g/mol. The largest absolute Gasteiger partial charge is 0.444 e. The molecule has 0 fully saturated rings. The van der Waals surface area contributed by atoms with Gasteiger partial charge in [-0.2, -0.15) is 0 Å². The first-order chi connectivity index (χ1) is 12.5. The second-order valence-corrected chi connectivity index (χ2v) is 8.46. The second-order valence-electron chi connectivity index (χ2n) is 8.46. The molecule has 146 valence electrons. The topological polar surface area (TPSA) is 89.9 Å². The Labute approximate surface area is 161 Å². The van der Waals surface area contributed by atoms with E-state index in [9.17, 15) is 4.79 Å². The summed E-state index contributed by atoms with van der Waals surface area (Å²) in [5.41, 5.74) is 0.847. The Hall–Kier alpha value is -2.57. The fourth-order valence-electron chi connectivity index (χ4n) is 2.41. The van der Waals surface area contributed by atoms with E-state index in [2.05, 4.69) is 46.0 Å². The first-order valence-electron chi connectivity index (χ1n) is 9.15. The van der Waals surface area contributed by atoms with Gasteiger partial charge >= 0.3 is 6.09 Å². The maximum atomic E-state index is 12.1. The van der Waals surface area contributed by atoms with E-state index < -0.39 is 11.7 Å². The van der Waals surface area contributed by atoms with Gasteiger partial charge in [-0.15, -0.1) is 0 Å². The molecule has 0 spiro atoms. The summed E-state index contributed by atoms with van der Waals surface area (Å²) in [5, 5.41) is 2.88. The SMILES string of the molecule is CCC(NC(=O)OC(C)(C)C)c1cc(-c2ncnc(C(C)(C)C)n2)ccn1. The third kappa shape index (κ3) is 5.98. The fraction of sp³-hybridized carbons (Fsp3) is 0.550. The van der Waals surface area contributed by atoms with Gasteiger partial charge in [0.25, 0.3) is 0 Å². The average molecular weight is 371 g/mol. The van der Waals surface area contributed by atoms with Crippen LogP contribution in [0.4, 0.5) is 4.79 Å². The van der Waals surface area contributed by atoms with Crippen molar-refractivity contribution in [3.05, 3.63) is 36.2 Å². The Balaban J connectivity index is 2.27. The van der Waals surface area contributed by atoms with Crippen LogP contribution in [0.25, 0.3) is 11.4 Å². The Morgan fingerprint density at radius 3 is 2.44 bits per heavy atom. The molecule has 0 saturated carbocycles. The predicted molar refractivity (Wildman–Crippen MR) is 104 cm³/mol. The molecule has 0 saturated heterocycles. The van der Waals surface area contributed by atoms with E-state index >= 15 is 0 Å². The van der Waals surface area contributed by atoms with Crippen LogP contribution in [0.15, 0.2) is 24.7 Å². The van der Waals surface area contributed by atoms with Crippen molar-refractivity contribution in [1.82, 2.24) is 25.3 Å². The molecule has 0 aliphatic heterocycles. The van der Waals surface area contributed by atoms with Crippen LogP contribution in [0.3, 0.4) is 0 Å². The van der Waals surface area contributed by atoms with Crippen molar-refractivity contribution < 1.29 is 9.53 Å². The van der Waals surface area contributed by atoms with Gasteiger partial charge < -0.3 is 10.1 Å². The summed E-state index contributed by atoms with van der Waals surface area (Å²) < 4.78 is 5.35. The summed E-state index contributed by atoms with van der Waals surface area (Å²) >= 11 is 0. The van der Waals surface area contributed by atoms with E-state index in [-0.39, 0.29) is 11.5 Å². The van der Waals surface area contributed by atoms with Crippen LogP contribution in [0.5, 0.6) is 0 Å². The number of hydrogen-bond acceptors (Lipinski definition) is 6. The van der Waals surface area contributed by atoms with Gasteiger partial charge in [-0.1, -0.05) is 27.7 Å². The Bertz CT molecular complexity index is 793. The van der Waals surface area contributed by atoms with Crippen molar-refractivity contribution in [3.8, 4) is 11.4 Å². The van der Waals surface area contributed by atoms with E-state index in [4.69, 9.17) is 4.74 Å². The number of carbonyl (C=O) groups is 1. The van der Waals surface area contributed by atoms with Crippen LogP contribution >= 0.6 is 0 Å². The molecule has 2 rings (SSSR count). The third-order valence-electron chi connectivity index (χ3n) is 3.74. The average Bonchev–Trinajstić information content (AvgIpc) is 2.57. The van der Waals surface area contributed by atoms with Crippen LogP contribution in [0.2, 0.25) is 0 Å². The zero-order chi connectivity index (χ0) is 20.2. The second kappa shape index (κ2) is 7.98. The number of alkyl carbamates (subject to hydrolysis) is 1. The van der Waals surface area contributed by atoms with Crippen LogP contribution in [0.1, 0.15) is 72.4 Å². The zero-order valence-corrected chi connectivity index (χ0v) is 17.2. The number of aromatic nitrogens is 4. The van der Waals surface area contributed by atoms with E-state index in [1.54, 1.807) is 6.20 Å². The molecule has 7 nitrogen and oxygen atoms in total. The molecule has 0 bridgehead atoms. The molecule has 27 heavy (non-hydrogen) atoms. The maximum Gasteiger partial charge on any atom is 0.408 e. The van der Waals surface area contributed by atoms with Crippen molar-refractivity contribution >= 4 is 6.09 Å². The quantitative estimate of drug-likeness (QED) is 0.866. The smallest absolute Gasteiger partial charge is 0.408 e. The van der Waals surface area contributed by atoms with Crippen molar-refractivity contribution in [2.75, 3.05) is 0 Å². The van der Waals surface area contributed by atoms with Crippen LogP contribution in [-0.4, -0.2) is 31.6 Å². The van der Waals surface area contributed by atoms with Gasteiger partial charge in [-0.05, 0) is 39.3 Å². The van der Waals surface area contributed by atoms with Gasteiger partial charge in [0.2, 0.25) is 0 Å². The van der Waals surface area contributed by atoms with Gasteiger partial charge in [-0.3, -0.25) is 4.98 Å². The number of nitrogens with one attached hydrogen (secondary N) is 1. The monoisotopic (exact) mass is 371 g/mol. The summed E-state index contributed by atoms with van der Waals surface area (Å²) in [4.78, 5) is 29.7. The molecule has 0 aliphatic rings. The molecule has 1 N–H and O–H groups in total. The minimum absolute atomic E-state index is 0.169. The highest BCUT2D eigenvalue weighted by atomic mass is 16.6. The molecule has 2 aromatic heterocycles. The van der Waals surface area contributed by atoms with Crippen molar-refractivity contribution in [3.63, 3.8) is 0 Å². The van der Waals surface area contributed by atoms with Crippen molar-refractivity contribution in [2.24, 2.45) is 0 Å². The van der Waals surface area contributed by atoms with Crippen LogP contribution in [0, 0.1) is 0 Å². The molecule has 7 heteroatoms. The molecule has 1 amide bonds. The molecule has 0 aliphatic carbocycles. The van der Waals surface area contributed by atoms with Gasteiger partial charge in [0.05, 0.1) is 11.7 Å². The number of hydrogen-bond donors (Lipinski definition) is 1. The van der Waals surface area contributed by atoms with Crippen LogP contribution < -0.4 is 5.32 Å². The lowest BCUT2D eigenvalue weighted by atomic mass is 9.96. The number of rotatable bonds is 4. The Morgan fingerprint density at radius 2 is 1.85 bits per heavy atom. The molecule has 0 aromatic carbocycles. The van der Waals surface area contributed by atoms with E-state index in [1.165, 1.54) is 6.33 Å². The summed E-state index contributed by atoms with van der Waals surface area (Å²) in [6, 6.07) is 3.49.